The number of alkyl halides is 1. The number of halogens is 1. The molecule has 0 radical (unpaired) electrons. The Bertz CT molecular complexity index is 347. The van der Waals surface area contributed by atoms with Crippen LogP contribution in [-0.4, -0.2) is 27.3 Å². The molecule has 0 spiro atoms. The molecule has 0 amide bonds. The average molecular weight is 318 g/mol. The highest BCUT2D eigenvalue weighted by Crippen LogP contribution is 2.30. The number of nitrogens with zero attached hydrogens (tertiary/aromatic N) is 3. The molecule has 1 aliphatic rings. The number of hydrogen-bond donors (Lipinski definition) is 0. The van der Waals surface area contributed by atoms with Gasteiger partial charge in [0.2, 0.25) is 5.13 Å². The van der Waals surface area contributed by atoms with Crippen LogP contribution in [0.5, 0.6) is 0 Å². The van der Waals surface area contributed by atoms with E-state index >= 15 is 0 Å². The van der Waals surface area contributed by atoms with Crippen molar-refractivity contribution in [2.24, 2.45) is 0 Å². The lowest BCUT2D eigenvalue weighted by Gasteiger charge is -2.27. The second kappa shape index (κ2) is 6.14. The molecule has 0 aliphatic heterocycles. The highest BCUT2D eigenvalue weighted by molar-refractivity contribution is 9.09. The fourth-order valence-corrected chi connectivity index (χ4v) is 3.61. The minimum absolute atomic E-state index is 0.425. The Balaban J connectivity index is 2.13. The molecule has 0 N–H and O–H groups in total. The number of anilines is 1. The quantitative estimate of drug-likeness (QED) is 0.773. The zero-order valence-corrected chi connectivity index (χ0v) is 12.9. The van der Waals surface area contributed by atoms with E-state index in [2.05, 4.69) is 44.0 Å². The van der Waals surface area contributed by atoms with Crippen LogP contribution in [0.3, 0.4) is 0 Å². The molecule has 5 heteroatoms. The summed E-state index contributed by atoms with van der Waals surface area (Å²) in [5, 5.41) is 2.11. The molecule has 1 aliphatic carbocycles. The van der Waals surface area contributed by atoms with E-state index in [1.807, 2.05) is 0 Å². The Labute approximate surface area is 116 Å². The maximum atomic E-state index is 4.69. The summed E-state index contributed by atoms with van der Waals surface area (Å²) >= 11 is 5.10. The summed E-state index contributed by atoms with van der Waals surface area (Å²) in [5.41, 5.74) is 0. The standard InChI is InChI=1S/C12H20BrN3S/c1-9(2)11-14-12(17-15-11)16(8-7-13)10-5-3-4-6-10/h9-10H,3-8H2,1-2H3. The van der Waals surface area contributed by atoms with Gasteiger partial charge in [-0.15, -0.1) is 0 Å². The van der Waals surface area contributed by atoms with E-state index in [-0.39, 0.29) is 0 Å². The fourth-order valence-electron chi connectivity index (χ4n) is 2.32. The van der Waals surface area contributed by atoms with E-state index in [0.29, 0.717) is 12.0 Å². The van der Waals surface area contributed by atoms with Crippen LogP contribution in [0.2, 0.25) is 0 Å². The molecule has 1 fully saturated rings. The first-order valence-corrected chi connectivity index (χ1v) is 8.28. The van der Waals surface area contributed by atoms with Gasteiger partial charge in [0.1, 0.15) is 5.82 Å². The molecule has 2 rings (SSSR count). The average Bonchev–Trinajstić information content (AvgIpc) is 2.97. The van der Waals surface area contributed by atoms with Gasteiger partial charge in [0.05, 0.1) is 0 Å². The second-order valence-corrected chi connectivity index (χ2v) is 6.43. The van der Waals surface area contributed by atoms with Crippen molar-refractivity contribution in [2.75, 3.05) is 16.8 Å². The molecule has 0 unspecified atom stereocenters. The van der Waals surface area contributed by atoms with Gasteiger partial charge in [-0.25, -0.2) is 4.98 Å². The van der Waals surface area contributed by atoms with Crippen LogP contribution in [0.25, 0.3) is 0 Å². The predicted molar refractivity (Wildman–Crippen MR) is 77.4 cm³/mol. The molecule has 17 heavy (non-hydrogen) atoms. The Morgan fingerprint density at radius 2 is 2.12 bits per heavy atom. The Hall–Kier alpha value is -0.160. The third-order valence-corrected chi connectivity index (χ3v) is 4.41. The highest BCUT2D eigenvalue weighted by atomic mass is 79.9. The van der Waals surface area contributed by atoms with Gasteiger partial charge in [0, 0.05) is 35.4 Å². The van der Waals surface area contributed by atoms with E-state index in [0.717, 1.165) is 22.8 Å². The third-order valence-electron chi connectivity index (χ3n) is 3.28. The molecule has 3 nitrogen and oxygen atoms in total. The first-order valence-electron chi connectivity index (χ1n) is 6.38. The Morgan fingerprint density at radius 1 is 1.41 bits per heavy atom. The van der Waals surface area contributed by atoms with Crippen molar-refractivity contribution < 1.29 is 0 Å². The molecule has 1 saturated carbocycles. The maximum Gasteiger partial charge on any atom is 0.205 e. The van der Waals surface area contributed by atoms with E-state index in [1.54, 1.807) is 11.5 Å². The lowest BCUT2D eigenvalue weighted by atomic mass is 10.2. The summed E-state index contributed by atoms with van der Waals surface area (Å²) in [6, 6.07) is 0.681. The van der Waals surface area contributed by atoms with E-state index in [4.69, 9.17) is 0 Å². The van der Waals surface area contributed by atoms with Crippen LogP contribution in [-0.2, 0) is 0 Å². The molecule has 0 saturated heterocycles. The summed E-state index contributed by atoms with van der Waals surface area (Å²) in [4.78, 5) is 7.14. The summed E-state index contributed by atoms with van der Waals surface area (Å²) in [7, 11) is 0. The smallest absolute Gasteiger partial charge is 0.205 e. The molecule has 0 atom stereocenters. The number of rotatable bonds is 5. The van der Waals surface area contributed by atoms with Crippen molar-refractivity contribution in [2.45, 2.75) is 51.5 Å². The molecule has 1 aromatic heterocycles. The molecule has 1 heterocycles. The second-order valence-electron chi connectivity index (χ2n) is 4.91. The van der Waals surface area contributed by atoms with Gasteiger partial charge < -0.3 is 4.90 Å². The summed E-state index contributed by atoms with van der Waals surface area (Å²) in [6.45, 7) is 5.34. The van der Waals surface area contributed by atoms with Gasteiger partial charge >= 0.3 is 0 Å². The first kappa shape index (κ1) is 13.3. The summed E-state index contributed by atoms with van der Waals surface area (Å²) in [5.74, 6) is 1.41. The van der Waals surface area contributed by atoms with E-state index in [1.165, 1.54) is 25.7 Å². The minimum Gasteiger partial charge on any atom is -0.343 e. The van der Waals surface area contributed by atoms with E-state index in [9.17, 15) is 0 Å². The summed E-state index contributed by atoms with van der Waals surface area (Å²) in [6.07, 6.45) is 5.34. The third kappa shape index (κ3) is 3.19. The molecule has 1 aromatic rings. The SMILES string of the molecule is CC(C)c1nsc(N(CCBr)C2CCCC2)n1. The van der Waals surface area contributed by atoms with Crippen LogP contribution in [0, 0.1) is 0 Å². The largest absolute Gasteiger partial charge is 0.343 e. The van der Waals surface area contributed by atoms with Crippen LogP contribution in [0.1, 0.15) is 51.3 Å². The van der Waals surface area contributed by atoms with Gasteiger partial charge in [0.25, 0.3) is 0 Å². The highest BCUT2D eigenvalue weighted by Gasteiger charge is 2.25. The fraction of sp³-hybridized carbons (Fsp3) is 0.833. The van der Waals surface area contributed by atoms with Crippen molar-refractivity contribution in [1.29, 1.82) is 0 Å². The summed E-state index contributed by atoms with van der Waals surface area (Å²) < 4.78 is 4.46. The predicted octanol–water partition coefficient (Wildman–Crippen LogP) is 3.81. The van der Waals surface area contributed by atoms with Crippen molar-refractivity contribution in [1.82, 2.24) is 9.36 Å². The topological polar surface area (TPSA) is 29.0 Å². The lowest BCUT2D eigenvalue weighted by Crippen LogP contribution is -2.34. The van der Waals surface area contributed by atoms with Crippen molar-refractivity contribution >= 4 is 32.6 Å². The van der Waals surface area contributed by atoms with Gasteiger partial charge in [-0.05, 0) is 12.8 Å². The lowest BCUT2D eigenvalue weighted by molar-refractivity contribution is 0.619. The molecule has 96 valence electrons. The van der Waals surface area contributed by atoms with E-state index < -0.39 is 0 Å². The zero-order valence-electron chi connectivity index (χ0n) is 10.5. The first-order chi connectivity index (χ1) is 8.22. The van der Waals surface area contributed by atoms with Crippen molar-refractivity contribution in [3.05, 3.63) is 5.82 Å². The van der Waals surface area contributed by atoms with Gasteiger partial charge in [-0.2, -0.15) is 4.37 Å². The molecular weight excluding hydrogens is 298 g/mol. The normalized spacial score (nSPS) is 16.9. The van der Waals surface area contributed by atoms with Crippen LogP contribution < -0.4 is 4.90 Å². The van der Waals surface area contributed by atoms with Crippen LogP contribution in [0.4, 0.5) is 5.13 Å². The minimum atomic E-state index is 0.425. The van der Waals surface area contributed by atoms with Gasteiger partial charge in [-0.1, -0.05) is 42.6 Å². The number of hydrogen-bond acceptors (Lipinski definition) is 4. The monoisotopic (exact) mass is 317 g/mol. The molecular formula is C12H20BrN3S. The van der Waals surface area contributed by atoms with Gasteiger partial charge in [-0.3, -0.25) is 0 Å². The maximum absolute atomic E-state index is 4.69. The zero-order chi connectivity index (χ0) is 12.3. The Kier molecular flexibility index (Phi) is 4.79. The Morgan fingerprint density at radius 3 is 2.65 bits per heavy atom. The van der Waals surface area contributed by atoms with Crippen molar-refractivity contribution in [3.8, 4) is 0 Å². The van der Waals surface area contributed by atoms with Crippen molar-refractivity contribution in [3.63, 3.8) is 0 Å². The molecule has 0 bridgehead atoms. The molecule has 0 aromatic carbocycles. The number of aromatic nitrogens is 2. The van der Waals surface area contributed by atoms with Crippen LogP contribution >= 0.6 is 27.5 Å². The van der Waals surface area contributed by atoms with Gasteiger partial charge in [0.15, 0.2) is 0 Å². The van der Waals surface area contributed by atoms with Crippen LogP contribution in [0.15, 0.2) is 0 Å².